The van der Waals surface area contributed by atoms with E-state index in [-0.39, 0.29) is 23.5 Å². The van der Waals surface area contributed by atoms with E-state index in [1.807, 2.05) is 49.4 Å². The van der Waals surface area contributed by atoms with Crippen LogP contribution in [0.1, 0.15) is 22.3 Å². The molecule has 0 aliphatic carbocycles. The smallest absolute Gasteiger partial charge is 0.293 e. The maximum atomic E-state index is 13.1. The summed E-state index contributed by atoms with van der Waals surface area (Å²) in [6.45, 7) is 2.64. The number of aryl methyl sites for hydroxylation is 1. The molecule has 4 rings (SSSR count). The molecular formula is C25H20FNO3S. The lowest BCUT2D eigenvalue weighted by Gasteiger charge is -2.12. The quantitative estimate of drug-likeness (QED) is 0.451. The Balaban J connectivity index is 1.40. The SMILES string of the molecule is Cc1cccc(COc2ccc(C=C3SC(=O)N(Cc4ccc(F)cc4)C3=O)cc2)c1. The summed E-state index contributed by atoms with van der Waals surface area (Å²) in [5.41, 5.74) is 3.78. The molecule has 1 heterocycles. The van der Waals surface area contributed by atoms with Gasteiger partial charge in [0.05, 0.1) is 11.4 Å². The summed E-state index contributed by atoms with van der Waals surface area (Å²) >= 11 is 0.905. The molecule has 0 saturated carbocycles. The first-order valence-corrected chi connectivity index (χ1v) is 10.6. The molecule has 6 heteroatoms. The number of halogens is 1. The lowest BCUT2D eigenvalue weighted by molar-refractivity contribution is -0.123. The van der Waals surface area contributed by atoms with Crippen LogP contribution >= 0.6 is 11.8 Å². The number of nitrogens with zero attached hydrogens (tertiary/aromatic N) is 1. The van der Waals surface area contributed by atoms with Crippen molar-refractivity contribution in [3.63, 3.8) is 0 Å². The number of rotatable bonds is 6. The van der Waals surface area contributed by atoms with Crippen molar-refractivity contribution in [3.8, 4) is 5.75 Å². The molecule has 1 aliphatic heterocycles. The average molecular weight is 434 g/mol. The van der Waals surface area contributed by atoms with E-state index in [9.17, 15) is 14.0 Å². The number of hydrogen-bond acceptors (Lipinski definition) is 4. The van der Waals surface area contributed by atoms with E-state index in [1.165, 1.54) is 22.6 Å². The second-order valence-corrected chi connectivity index (χ2v) is 8.23. The van der Waals surface area contributed by atoms with Crippen molar-refractivity contribution in [2.75, 3.05) is 0 Å². The van der Waals surface area contributed by atoms with E-state index < -0.39 is 0 Å². The Bertz CT molecular complexity index is 1140. The largest absolute Gasteiger partial charge is 0.489 e. The predicted octanol–water partition coefficient (Wildman–Crippen LogP) is 5.95. The summed E-state index contributed by atoms with van der Waals surface area (Å²) in [5.74, 6) is 0.0197. The Kier molecular flexibility index (Phi) is 6.18. The monoisotopic (exact) mass is 433 g/mol. The molecule has 0 radical (unpaired) electrons. The molecule has 0 N–H and O–H groups in total. The third kappa shape index (κ3) is 5.22. The van der Waals surface area contributed by atoms with Crippen molar-refractivity contribution in [1.82, 2.24) is 4.90 Å². The molecule has 3 aromatic carbocycles. The highest BCUT2D eigenvalue weighted by Crippen LogP contribution is 2.33. The molecule has 2 amide bonds. The molecule has 1 aliphatic rings. The molecule has 0 aromatic heterocycles. The molecular weight excluding hydrogens is 413 g/mol. The van der Waals surface area contributed by atoms with Crippen LogP contribution in [0.15, 0.2) is 77.7 Å². The fourth-order valence-electron chi connectivity index (χ4n) is 3.19. The predicted molar refractivity (Wildman–Crippen MR) is 120 cm³/mol. The summed E-state index contributed by atoms with van der Waals surface area (Å²) < 4.78 is 18.9. The summed E-state index contributed by atoms with van der Waals surface area (Å²) in [7, 11) is 0. The number of carbonyl (C=O) groups is 2. The zero-order valence-corrected chi connectivity index (χ0v) is 17.7. The normalized spacial score (nSPS) is 15.0. The highest BCUT2D eigenvalue weighted by atomic mass is 32.2. The number of ether oxygens (including phenoxy) is 1. The first-order valence-electron chi connectivity index (χ1n) is 9.76. The lowest BCUT2D eigenvalue weighted by atomic mass is 10.1. The first kappa shape index (κ1) is 20.9. The maximum Gasteiger partial charge on any atom is 0.293 e. The van der Waals surface area contributed by atoms with Crippen LogP contribution in [0, 0.1) is 12.7 Å². The van der Waals surface area contributed by atoms with Gasteiger partial charge in [0.1, 0.15) is 18.2 Å². The van der Waals surface area contributed by atoms with Gasteiger partial charge in [0.15, 0.2) is 0 Å². The minimum Gasteiger partial charge on any atom is -0.489 e. The Morgan fingerprint density at radius 3 is 2.42 bits per heavy atom. The van der Waals surface area contributed by atoms with Crippen LogP contribution < -0.4 is 4.74 Å². The zero-order valence-electron chi connectivity index (χ0n) is 16.9. The van der Waals surface area contributed by atoms with E-state index in [1.54, 1.807) is 18.2 Å². The van der Waals surface area contributed by atoms with E-state index in [2.05, 4.69) is 6.07 Å². The van der Waals surface area contributed by atoms with Crippen LogP contribution in [-0.4, -0.2) is 16.0 Å². The van der Waals surface area contributed by atoms with E-state index >= 15 is 0 Å². The standard InChI is InChI=1S/C25H20FNO3S/c1-17-3-2-4-20(13-17)16-30-22-11-7-18(8-12-22)14-23-24(28)27(25(29)31-23)15-19-5-9-21(26)10-6-19/h2-14H,15-16H2,1H3. The zero-order chi connectivity index (χ0) is 21.8. The van der Waals surface area contributed by atoms with Crippen LogP contribution in [0.3, 0.4) is 0 Å². The van der Waals surface area contributed by atoms with E-state index in [4.69, 9.17) is 4.74 Å². The molecule has 1 fully saturated rings. The van der Waals surface area contributed by atoms with Crippen molar-refractivity contribution in [2.45, 2.75) is 20.1 Å². The number of imide groups is 1. The first-order chi connectivity index (χ1) is 15.0. The Morgan fingerprint density at radius 1 is 0.968 bits per heavy atom. The molecule has 0 unspecified atom stereocenters. The van der Waals surface area contributed by atoms with Crippen molar-refractivity contribution in [3.05, 3.63) is 106 Å². The second-order valence-electron chi connectivity index (χ2n) is 7.24. The van der Waals surface area contributed by atoms with Gasteiger partial charge in [0, 0.05) is 0 Å². The summed E-state index contributed by atoms with van der Waals surface area (Å²) in [5, 5.41) is -0.335. The minimum atomic E-state index is -0.357. The molecule has 0 spiro atoms. The van der Waals surface area contributed by atoms with Gasteiger partial charge in [-0.25, -0.2) is 4.39 Å². The molecule has 0 bridgehead atoms. The Labute approximate surface area is 184 Å². The lowest BCUT2D eigenvalue weighted by Crippen LogP contribution is -2.27. The van der Waals surface area contributed by atoms with Crippen LogP contribution in [0.2, 0.25) is 0 Å². The van der Waals surface area contributed by atoms with Gasteiger partial charge in [-0.15, -0.1) is 0 Å². The fraction of sp³-hybridized carbons (Fsp3) is 0.120. The van der Waals surface area contributed by atoms with Crippen molar-refractivity contribution in [2.24, 2.45) is 0 Å². The molecule has 156 valence electrons. The van der Waals surface area contributed by atoms with Gasteiger partial charge in [0.25, 0.3) is 11.1 Å². The van der Waals surface area contributed by atoms with Crippen LogP contribution in [0.25, 0.3) is 6.08 Å². The molecule has 3 aromatic rings. The van der Waals surface area contributed by atoms with Gasteiger partial charge in [0.2, 0.25) is 0 Å². The van der Waals surface area contributed by atoms with Crippen LogP contribution in [-0.2, 0) is 17.9 Å². The van der Waals surface area contributed by atoms with Gasteiger partial charge in [-0.05, 0) is 65.7 Å². The van der Waals surface area contributed by atoms with Gasteiger partial charge in [-0.1, -0.05) is 54.1 Å². The second kappa shape index (κ2) is 9.18. The van der Waals surface area contributed by atoms with E-state index in [0.717, 1.165) is 28.6 Å². The van der Waals surface area contributed by atoms with Crippen LogP contribution in [0.4, 0.5) is 9.18 Å². The third-order valence-electron chi connectivity index (χ3n) is 4.79. The van der Waals surface area contributed by atoms with Gasteiger partial charge >= 0.3 is 0 Å². The number of thioether (sulfide) groups is 1. The number of hydrogen-bond donors (Lipinski definition) is 0. The maximum absolute atomic E-state index is 13.1. The summed E-state index contributed by atoms with van der Waals surface area (Å²) in [4.78, 5) is 26.5. The number of amides is 2. The van der Waals surface area contributed by atoms with Gasteiger partial charge in [-0.2, -0.15) is 0 Å². The molecule has 31 heavy (non-hydrogen) atoms. The highest BCUT2D eigenvalue weighted by Gasteiger charge is 2.34. The summed E-state index contributed by atoms with van der Waals surface area (Å²) in [6.07, 6.45) is 1.69. The minimum absolute atomic E-state index is 0.119. The van der Waals surface area contributed by atoms with Crippen molar-refractivity contribution < 1.29 is 18.7 Å². The molecule has 0 atom stereocenters. The Hall–Kier alpha value is -3.38. The fourth-order valence-corrected chi connectivity index (χ4v) is 4.03. The molecule has 4 nitrogen and oxygen atoms in total. The number of benzene rings is 3. The van der Waals surface area contributed by atoms with Gasteiger partial charge < -0.3 is 4.74 Å². The average Bonchev–Trinajstić information content (AvgIpc) is 3.02. The topological polar surface area (TPSA) is 46.6 Å². The third-order valence-corrected chi connectivity index (χ3v) is 5.70. The van der Waals surface area contributed by atoms with Crippen LogP contribution in [0.5, 0.6) is 5.75 Å². The highest BCUT2D eigenvalue weighted by molar-refractivity contribution is 8.18. The molecule has 1 saturated heterocycles. The van der Waals surface area contributed by atoms with E-state index in [0.29, 0.717) is 17.1 Å². The van der Waals surface area contributed by atoms with Crippen molar-refractivity contribution >= 4 is 29.0 Å². The summed E-state index contributed by atoms with van der Waals surface area (Å²) in [6, 6.07) is 21.3. The Morgan fingerprint density at radius 2 is 1.71 bits per heavy atom. The van der Waals surface area contributed by atoms with Crippen molar-refractivity contribution in [1.29, 1.82) is 0 Å². The number of carbonyl (C=O) groups excluding carboxylic acids is 2. The van der Waals surface area contributed by atoms with Gasteiger partial charge in [-0.3, -0.25) is 14.5 Å².